The van der Waals surface area contributed by atoms with Crippen molar-refractivity contribution in [1.82, 2.24) is 15.1 Å². The van der Waals surface area contributed by atoms with Crippen molar-refractivity contribution in [2.24, 2.45) is 0 Å². The van der Waals surface area contributed by atoms with Gasteiger partial charge in [0.15, 0.2) is 0 Å². The number of aryl methyl sites for hydroxylation is 2. The quantitative estimate of drug-likeness (QED) is 0.780. The summed E-state index contributed by atoms with van der Waals surface area (Å²) in [4.78, 5) is 0. The molecule has 0 fully saturated rings. The highest BCUT2D eigenvalue weighted by molar-refractivity contribution is 9.10. The van der Waals surface area contributed by atoms with E-state index in [0.717, 1.165) is 34.4 Å². The third kappa shape index (κ3) is 3.55. The van der Waals surface area contributed by atoms with Gasteiger partial charge in [0.25, 0.3) is 0 Å². The molecular formula is C15H18Br2FN3. The van der Waals surface area contributed by atoms with Crippen LogP contribution in [0.3, 0.4) is 0 Å². The van der Waals surface area contributed by atoms with Gasteiger partial charge in [-0.1, -0.05) is 6.07 Å². The normalized spacial score (nSPS) is 12.7. The van der Waals surface area contributed by atoms with Gasteiger partial charge in [0.1, 0.15) is 5.82 Å². The first-order chi connectivity index (χ1) is 9.97. The molecule has 1 N–H and O–H groups in total. The molecule has 0 bridgehead atoms. The topological polar surface area (TPSA) is 29.9 Å². The van der Waals surface area contributed by atoms with Gasteiger partial charge in [-0.15, -0.1) is 0 Å². The SMILES string of the molecule is CCn1nc(C)c(Br)c1CC(NC)c1ccc(F)c(Br)c1. The Morgan fingerprint density at radius 3 is 2.67 bits per heavy atom. The second-order valence-corrected chi connectivity index (χ2v) is 6.53. The van der Waals surface area contributed by atoms with Crippen LogP contribution in [0.2, 0.25) is 0 Å². The van der Waals surface area contributed by atoms with Crippen molar-refractivity contribution in [3.63, 3.8) is 0 Å². The van der Waals surface area contributed by atoms with Gasteiger partial charge in [0.05, 0.1) is 20.3 Å². The smallest absolute Gasteiger partial charge is 0.137 e. The van der Waals surface area contributed by atoms with Crippen molar-refractivity contribution in [3.05, 3.63) is 49.9 Å². The summed E-state index contributed by atoms with van der Waals surface area (Å²) in [5.41, 5.74) is 3.18. The molecule has 1 aromatic carbocycles. The number of aromatic nitrogens is 2. The fraction of sp³-hybridized carbons (Fsp3) is 0.400. The van der Waals surface area contributed by atoms with Crippen molar-refractivity contribution in [2.75, 3.05) is 7.05 Å². The van der Waals surface area contributed by atoms with Gasteiger partial charge in [0, 0.05) is 19.0 Å². The van der Waals surface area contributed by atoms with E-state index in [-0.39, 0.29) is 11.9 Å². The molecule has 2 rings (SSSR count). The standard InChI is InChI=1S/C15H18Br2FN3/c1-4-21-14(15(17)9(2)20-21)8-13(19-3)10-5-6-12(18)11(16)7-10/h5-7,13,19H,4,8H2,1-3H3. The van der Waals surface area contributed by atoms with Crippen LogP contribution in [0.15, 0.2) is 27.1 Å². The maximum Gasteiger partial charge on any atom is 0.137 e. The van der Waals surface area contributed by atoms with Crippen LogP contribution in [0.25, 0.3) is 0 Å². The molecule has 21 heavy (non-hydrogen) atoms. The zero-order valence-electron chi connectivity index (χ0n) is 12.3. The molecule has 0 radical (unpaired) electrons. The second kappa shape index (κ2) is 7.03. The number of nitrogens with zero attached hydrogens (tertiary/aromatic N) is 2. The fourth-order valence-electron chi connectivity index (χ4n) is 2.37. The molecule has 2 aromatic rings. The molecule has 114 valence electrons. The zero-order valence-corrected chi connectivity index (χ0v) is 15.4. The molecule has 6 heteroatoms. The predicted octanol–water partition coefficient (Wildman–Crippen LogP) is 4.38. The highest BCUT2D eigenvalue weighted by atomic mass is 79.9. The first kappa shape index (κ1) is 16.6. The lowest BCUT2D eigenvalue weighted by Gasteiger charge is -2.18. The Bertz CT molecular complexity index is 640. The summed E-state index contributed by atoms with van der Waals surface area (Å²) in [6, 6.07) is 5.22. The molecule has 1 unspecified atom stereocenters. The van der Waals surface area contributed by atoms with Crippen LogP contribution in [0.4, 0.5) is 4.39 Å². The molecule has 0 spiro atoms. The highest BCUT2D eigenvalue weighted by Crippen LogP contribution is 2.28. The Labute approximate surface area is 141 Å². The van der Waals surface area contributed by atoms with Crippen molar-refractivity contribution >= 4 is 31.9 Å². The average molecular weight is 419 g/mol. The second-order valence-electron chi connectivity index (χ2n) is 4.88. The van der Waals surface area contributed by atoms with E-state index in [2.05, 4.69) is 49.2 Å². The highest BCUT2D eigenvalue weighted by Gasteiger charge is 2.18. The molecule has 3 nitrogen and oxygen atoms in total. The third-order valence-electron chi connectivity index (χ3n) is 3.54. The van der Waals surface area contributed by atoms with Gasteiger partial charge in [-0.25, -0.2) is 4.39 Å². The molecule has 0 saturated carbocycles. The minimum Gasteiger partial charge on any atom is -0.313 e. The number of benzene rings is 1. The Morgan fingerprint density at radius 1 is 1.38 bits per heavy atom. The largest absolute Gasteiger partial charge is 0.313 e. The van der Waals surface area contributed by atoms with E-state index in [4.69, 9.17) is 0 Å². The summed E-state index contributed by atoms with van der Waals surface area (Å²) < 4.78 is 16.9. The first-order valence-electron chi connectivity index (χ1n) is 6.81. The molecule has 0 aliphatic heterocycles. The molecule has 0 aliphatic rings. The summed E-state index contributed by atoms with van der Waals surface area (Å²) in [5, 5.41) is 7.81. The summed E-state index contributed by atoms with van der Waals surface area (Å²) in [7, 11) is 1.91. The Balaban J connectivity index is 2.33. The summed E-state index contributed by atoms with van der Waals surface area (Å²) in [6.07, 6.45) is 0.782. The maximum absolute atomic E-state index is 13.4. The van der Waals surface area contributed by atoms with E-state index < -0.39 is 0 Å². The lowest BCUT2D eigenvalue weighted by molar-refractivity contribution is 0.538. The van der Waals surface area contributed by atoms with Gasteiger partial charge in [-0.05, 0) is 70.5 Å². The number of likely N-dealkylation sites (N-methyl/N-ethyl adjacent to an activating group) is 1. The van der Waals surface area contributed by atoms with Crippen molar-refractivity contribution in [1.29, 1.82) is 0 Å². The van der Waals surface area contributed by atoms with E-state index in [1.807, 2.05) is 30.8 Å². The molecule has 0 amide bonds. The van der Waals surface area contributed by atoms with E-state index in [1.165, 1.54) is 6.07 Å². The van der Waals surface area contributed by atoms with Crippen LogP contribution in [-0.4, -0.2) is 16.8 Å². The average Bonchev–Trinajstić information content (AvgIpc) is 2.75. The fourth-order valence-corrected chi connectivity index (χ4v) is 3.22. The monoisotopic (exact) mass is 417 g/mol. The van der Waals surface area contributed by atoms with E-state index in [1.54, 1.807) is 0 Å². The zero-order chi connectivity index (χ0) is 15.6. The van der Waals surface area contributed by atoms with Crippen molar-refractivity contribution < 1.29 is 4.39 Å². The lowest BCUT2D eigenvalue weighted by atomic mass is 10.0. The number of hydrogen-bond acceptors (Lipinski definition) is 2. The van der Waals surface area contributed by atoms with Crippen LogP contribution in [0, 0.1) is 12.7 Å². The van der Waals surface area contributed by atoms with Gasteiger partial charge in [-0.2, -0.15) is 5.10 Å². The lowest BCUT2D eigenvalue weighted by Crippen LogP contribution is -2.21. The number of halogens is 3. The molecule has 1 heterocycles. The first-order valence-corrected chi connectivity index (χ1v) is 8.40. The van der Waals surface area contributed by atoms with E-state index in [0.29, 0.717) is 4.47 Å². The van der Waals surface area contributed by atoms with Crippen LogP contribution >= 0.6 is 31.9 Å². The van der Waals surface area contributed by atoms with E-state index >= 15 is 0 Å². The molecule has 1 aromatic heterocycles. The summed E-state index contributed by atoms with van der Waals surface area (Å²) in [5.74, 6) is -0.246. The molecule has 1 atom stereocenters. The van der Waals surface area contributed by atoms with Crippen LogP contribution in [0.1, 0.15) is 29.9 Å². The number of nitrogens with one attached hydrogen (secondary N) is 1. The van der Waals surface area contributed by atoms with Crippen molar-refractivity contribution in [2.45, 2.75) is 32.9 Å². The third-order valence-corrected chi connectivity index (χ3v) is 5.18. The van der Waals surface area contributed by atoms with Crippen molar-refractivity contribution in [3.8, 4) is 0 Å². The number of hydrogen-bond donors (Lipinski definition) is 1. The Morgan fingerprint density at radius 2 is 2.10 bits per heavy atom. The van der Waals surface area contributed by atoms with Crippen LogP contribution in [-0.2, 0) is 13.0 Å². The summed E-state index contributed by atoms with van der Waals surface area (Å²) in [6.45, 7) is 4.89. The molecular weight excluding hydrogens is 401 g/mol. The predicted molar refractivity (Wildman–Crippen MR) is 89.9 cm³/mol. The number of rotatable bonds is 5. The molecule has 0 aliphatic carbocycles. The van der Waals surface area contributed by atoms with Crippen LogP contribution < -0.4 is 5.32 Å². The minimum absolute atomic E-state index is 0.0969. The Hall–Kier alpha value is -0.720. The maximum atomic E-state index is 13.4. The summed E-state index contributed by atoms with van der Waals surface area (Å²) >= 11 is 6.86. The Kier molecular flexibility index (Phi) is 5.57. The van der Waals surface area contributed by atoms with E-state index in [9.17, 15) is 4.39 Å². The van der Waals surface area contributed by atoms with Gasteiger partial charge in [-0.3, -0.25) is 4.68 Å². The molecule has 0 saturated heterocycles. The van der Waals surface area contributed by atoms with Gasteiger partial charge < -0.3 is 5.32 Å². The minimum atomic E-state index is -0.246. The van der Waals surface area contributed by atoms with Gasteiger partial charge in [0.2, 0.25) is 0 Å². The van der Waals surface area contributed by atoms with Crippen LogP contribution in [0.5, 0.6) is 0 Å². The van der Waals surface area contributed by atoms with Gasteiger partial charge >= 0.3 is 0 Å².